The first-order chi connectivity index (χ1) is 15.5. The molecule has 3 rings (SSSR count). The zero-order valence-electron chi connectivity index (χ0n) is 19.7. The minimum atomic E-state index is -0.683. The van der Waals surface area contributed by atoms with Gasteiger partial charge in [0.1, 0.15) is 0 Å². The van der Waals surface area contributed by atoms with Crippen molar-refractivity contribution < 1.29 is 29.6 Å². The molecule has 0 bridgehead atoms. The summed E-state index contributed by atoms with van der Waals surface area (Å²) in [6, 6.07) is 0. The summed E-state index contributed by atoms with van der Waals surface area (Å²) < 4.78 is 12.1. The lowest BCUT2D eigenvalue weighted by Crippen LogP contribution is -2.24. The van der Waals surface area contributed by atoms with E-state index in [0.717, 1.165) is 44.9 Å². The number of carboxylic acids is 1. The fourth-order valence-electron chi connectivity index (χ4n) is 5.90. The second kappa shape index (κ2) is 13.1. The van der Waals surface area contributed by atoms with Crippen LogP contribution in [0.15, 0.2) is 12.2 Å². The molecule has 2 aliphatic carbocycles. The molecule has 3 fully saturated rings. The van der Waals surface area contributed by atoms with Crippen LogP contribution in [0.2, 0.25) is 0 Å². The van der Waals surface area contributed by atoms with E-state index in [4.69, 9.17) is 9.47 Å². The van der Waals surface area contributed by atoms with E-state index in [0.29, 0.717) is 32.0 Å². The van der Waals surface area contributed by atoms with Crippen LogP contribution in [0.5, 0.6) is 0 Å². The van der Waals surface area contributed by atoms with Crippen molar-refractivity contribution in [3.05, 3.63) is 12.2 Å². The summed E-state index contributed by atoms with van der Waals surface area (Å²) in [5, 5.41) is 30.4. The van der Waals surface area contributed by atoms with Crippen molar-refractivity contribution in [2.24, 2.45) is 23.7 Å². The molecule has 1 aliphatic heterocycles. The monoisotopic (exact) mass is 452 g/mol. The number of rotatable bonds is 11. The van der Waals surface area contributed by atoms with E-state index in [9.17, 15) is 20.1 Å². The Morgan fingerprint density at radius 3 is 2.66 bits per heavy atom. The van der Waals surface area contributed by atoms with Crippen LogP contribution < -0.4 is 0 Å². The third kappa shape index (κ3) is 7.54. The number of aliphatic hydroxyl groups excluding tert-OH is 2. The topological polar surface area (TPSA) is 96.2 Å². The molecule has 1 heterocycles. The van der Waals surface area contributed by atoms with Crippen molar-refractivity contribution >= 4 is 5.97 Å². The van der Waals surface area contributed by atoms with Crippen molar-refractivity contribution in [2.45, 2.75) is 108 Å². The second-order valence-corrected chi connectivity index (χ2v) is 10.3. The van der Waals surface area contributed by atoms with Gasteiger partial charge in [0, 0.05) is 18.9 Å². The molecule has 1 unspecified atom stereocenters. The third-order valence-corrected chi connectivity index (χ3v) is 7.86. The van der Waals surface area contributed by atoms with Gasteiger partial charge in [-0.05, 0) is 56.8 Å². The van der Waals surface area contributed by atoms with Crippen molar-refractivity contribution in [3.8, 4) is 0 Å². The number of aliphatic hydroxyl groups is 2. The average molecular weight is 453 g/mol. The van der Waals surface area contributed by atoms with Gasteiger partial charge < -0.3 is 24.8 Å². The molecule has 184 valence electrons. The van der Waals surface area contributed by atoms with Crippen LogP contribution in [0.25, 0.3) is 0 Å². The number of carboxylic acid groups (broad SMARTS) is 1. The van der Waals surface area contributed by atoms with Gasteiger partial charge in [-0.15, -0.1) is 0 Å². The van der Waals surface area contributed by atoms with Crippen LogP contribution in [0.3, 0.4) is 0 Å². The highest BCUT2D eigenvalue weighted by molar-refractivity contribution is 5.69. The van der Waals surface area contributed by atoms with Gasteiger partial charge in [-0.2, -0.15) is 0 Å². The molecule has 7 atom stereocenters. The van der Waals surface area contributed by atoms with Crippen LogP contribution >= 0.6 is 0 Å². The summed E-state index contributed by atoms with van der Waals surface area (Å²) in [5.41, 5.74) is 0. The summed E-state index contributed by atoms with van der Waals surface area (Å²) in [5.74, 6) is -0.302. The van der Waals surface area contributed by atoms with E-state index in [2.05, 4.69) is 0 Å². The number of fused-ring (bicyclic) bond motifs is 1. The van der Waals surface area contributed by atoms with E-state index in [1.165, 1.54) is 19.3 Å². The average Bonchev–Trinajstić information content (AvgIpc) is 2.95. The smallest absolute Gasteiger partial charge is 0.306 e. The molecule has 2 saturated carbocycles. The van der Waals surface area contributed by atoms with Crippen LogP contribution in [0, 0.1) is 23.7 Å². The zero-order valence-corrected chi connectivity index (χ0v) is 19.7. The Labute approximate surface area is 193 Å². The highest BCUT2D eigenvalue weighted by Crippen LogP contribution is 2.42. The number of ether oxygens (including phenoxy) is 2. The van der Waals surface area contributed by atoms with Crippen molar-refractivity contribution in [2.75, 3.05) is 13.2 Å². The molecule has 0 aromatic heterocycles. The van der Waals surface area contributed by atoms with E-state index >= 15 is 0 Å². The summed E-state index contributed by atoms with van der Waals surface area (Å²) >= 11 is 0. The van der Waals surface area contributed by atoms with Crippen LogP contribution in [0.1, 0.15) is 84.0 Å². The first kappa shape index (κ1) is 25.7. The van der Waals surface area contributed by atoms with Crippen LogP contribution in [-0.4, -0.2) is 58.9 Å². The molecule has 0 spiro atoms. The second-order valence-electron chi connectivity index (χ2n) is 10.3. The number of carbonyl (C=O) groups is 1. The Balaban J connectivity index is 1.46. The minimum Gasteiger partial charge on any atom is -0.481 e. The Hall–Kier alpha value is -0.950. The van der Waals surface area contributed by atoms with E-state index in [-0.39, 0.29) is 30.0 Å². The molecular weight excluding hydrogens is 408 g/mol. The Morgan fingerprint density at radius 1 is 1.16 bits per heavy atom. The predicted octanol–water partition coefficient (Wildman–Crippen LogP) is 4.33. The van der Waals surface area contributed by atoms with Gasteiger partial charge in [0.05, 0.1) is 36.9 Å². The molecule has 0 amide bonds. The number of aliphatic carboxylic acids is 1. The normalized spacial score (nSPS) is 33.7. The summed E-state index contributed by atoms with van der Waals surface area (Å²) in [4.78, 5) is 11.4. The Morgan fingerprint density at radius 2 is 1.94 bits per heavy atom. The zero-order chi connectivity index (χ0) is 22.9. The summed E-state index contributed by atoms with van der Waals surface area (Å²) in [7, 11) is 0. The third-order valence-electron chi connectivity index (χ3n) is 7.86. The van der Waals surface area contributed by atoms with Crippen LogP contribution in [-0.2, 0) is 14.3 Å². The molecule has 3 aliphatic rings. The van der Waals surface area contributed by atoms with Gasteiger partial charge >= 0.3 is 5.97 Å². The molecule has 0 radical (unpaired) electrons. The van der Waals surface area contributed by atoms with Gasteiger partial charge in [0.2, 0.25) is 0 Å². The van der Waals surface area contributed by atoms with E-state index in [1.807, 2.05) is 13.0 Å². The fraction of sp³-hybridized carbons (Fsp3) is 0.885. The molecule has 6 heteroatoms. The Bertz CT molecular complexity index is 587. The molecule has 32 heavy (non-hydrogen) atoms. The van der Waals surface area contributed by atoms with Gasteiger partial charge in [-0.25, -0.2) is 0 Å². The largest absolute Gasteiger partial charge is 0.481 e. The maximum absolute atomic E-state index is 11.4. The highest BCUT2D eigenvalue weighted by Gasteiger charge is 2.43. The predicted molar refractivity (Wildman–Crippen MR) is 123 cm³/mol. The van der Waals surface area contributed by atoms with Crippen molar-refractivity contribution in [1.29, 1.82) is 0 Å². The molecular formula is C26H44O6. The van der Waals surface area contributed by atoms with Crippen molar-refractivity contribution in [1.82, 2.24) is 0 Å². The van der Waals surface area contributed by atoms with Gasteiger partial charge in [-0.3, -0.25) is 4.79 Å². The summed E-state index contributed by atoms with van der Waals surface area (Å²) in [6.45, 7) is 3.00. The van der Waals surface area contributed by atoms with Gasteiger partial charge in [-0.1, -0.05) is 44.8 Å². The molecule has 0 aromatic rings. The van der Waals surface area contributed by atoms with Gasteiger partial charge in [0.15, 0.2) is 0 Å². The van der Waals surface area contributed by atoms with E-state index < -0.39 is 18.2 Å². The molecule has 1 saturated heterocycles. The lowest BCUT2D eigenvalue weighted by atomic mass is 9.85. The number of hydrogen-bond acceptors (Lipinski definition) is 5. The lowest BCUT2D eigenvalue weighted by Gasteiger charge is -2.23. The first-order valence-electron chi connectivity index (χ1n) is 13.0. The summed E-state index contributed by atoms with van der Waals surface area (Å²) in [6.07, 6.45) is 14.7. The molecule has 6 nitrogen and oxygen atoms in total. The number of hydrogen-bond donors (Lipinski definition) is 3. The van der Waals surface area contributed by atoms with Crippen molar-refractivity contribution in [3.63, 3.8) is 0 Å². The quantitative estimate of drug-likeness (QED) is 0.404. The maximum atomic E-state index is 11.4. The molecule has 3 N–H and O–H groups in total. The SMILES string of the molecule is CCCC(CC[C@@H]1CC[C@@H]2[C@@H](C=C[C@@H](O)COC3CCCCC3)[C@H](O)C[C@@H]2OC1)C(=O)O. The maximum Gasteiger partial charge on any atom is 0.306 e. The Kier molecular flexibility index (Phi) is 10.5. The first-order valence-corrected chi connectivity index (χ1v) is 13.0. The minimum absolute atomic E-state index is 0.00469. The standard InChI is InChI=1S/C26H44O6/c1-2-6-19(26(29)30)11-9-18-10-13-23-22(24(28)15-25(23)32-16-18)14-12-20(27)17-31-21-7-4-3-5-8-21/h12,14,18-25,27-28H,2-11,13,15-17H2,1H3,(H,29,30)/t18-,19?,20-,22-,23-,24-,25+/m1/s1. The fourth-order valence-corrected chi connectivity index (χ4v) is 5.90. The lowest BCUT2D eigenvalue weighted by molar-refractivity contribution is -0.142. The van der Waals surface area contributed by atoms with Crippen LogP contribution in [0.4, 0.5) is 0 Å². The van der Waals surface area contributed by atoms with E-state index in [1.54, 1.807) is 6.08 Å². The molecule has 0 aromatic carbocycles. The highest BCUT2D eigenvalue weighted by atomic mass is 16.5. The van der Waals surface area contributed by atoms with Gasteiger partial charge in [0.25, 0.3) is 0 Å².